The van der Waals surface area contributed by atoms with E-state index in [1.54, 1.807) is 28.4 Å². The normalized spacial score (nSPS) is 10.4. The molecule has 0 unspecified atom stereocenters. The van der Waals surface area contributed by atoms with Gasteiger partial charge in [-0.05, 0) is 0 Å². The van der Waals surface area contributed by atoms with Gasteiger partial charge < -0.3 is 0 Å². The van der Waals surface area contributed by atoms with Crippen LogP contribution >= 0.6 is 0 Å². The van der Waals surface area contributed by atoms with Crippen LogP contribution in [0.1, 0.15) is 11.1 Å². The monoisotopic (exact) mass is 410 g/mol. The van der Waals surface area contributed by atoms with Crippen LogP contribution in [0.3, 0.4) is 0 Å². The Bertz CT molecular complexity index is 615. The Kier molecular flexibility index (Phi) is 7.96. The minimum absolute atomic E-state index is 0.611. The van der Waals surface area contributed by atoms with E-state index in [4.69, 9.17) is 18.9 Å². The van der Waals surface area contributed by atoms with E-state index in [1.165, 1.54) is 21.8 Å². The topological polar surface area (TPSA) is 36.9 Å². The van der Waals surface area contributed by atoms with Crippen molar-refractivity contribution in [2.45, 2.75) is 23.5 Å². The Morgan fingerprint density at radius 2 is 1.00 bits per heavy atom. The van der Waals surface area contributed by atoms with Crippen molar-refractivity contribution in [1.29, 1.82) is 0 Å². The Balaban J connectivity index is 1.78. The number of aryl methyl sites for hydroxylation is 2. The summed E-state index contributed by atoms with van der Waals surface area (Å²) in [6, 6.07) is 12.3. The molecule has 0 aliphatic rings. The van der Waals surface area contributed by atoms with Crippen LogP contribution in [0.15, 0.2) is 36.4 Å². The van der Waals surface area contributed by atoms with Gasteiger partial charge in [0.05, 0.1) is 0 Å². The Labute approximate surface area is 156 Å². The summed E-state index contributed by atoms with van der Waals surface area (Å²) in [4.78, 5) is 0. The van der Waals surface area contributed by atoms with Gasteiger partial charge >= 0.3 is 156 Å². The molecule has 0 saturated heterocycles. The van der Waals surface area contributed by atoms with Gasteiger partial charge in [0.1, 0.15) is 0 Å². The molecule has 136 valence electrons. The molecule has 25 heavy (non-hydrogen) atoms. The van der Waals surface area contributed by atoms with Crippen LogP contribution in [0.5, 0.6) is 23.0 Å². The molecule has 0 aliphatic heterocycles. The molecule has 4 nitrogen and oxygen atoms in total. The van der Waals surface area contributed by atoms with Crippen molar-refractivity contribution in [3.8, 4) is 23.0 Å². The molecule has 0 aliphatic carbocycles. The number of methoxy groups -OCH3 is 4. The zero-order valence-electron chi connectivity index (χ0n) is 15.3. The SMILES string of the molecule is COc1ccc(CC[Se]CCc2ccc(OC)c(OC)c2)cc1OC. The first-order valence-corrected chi connectivity index (χ1v) is 10.6. The van der Waals surface area contributed by atoms with Crippen molar-refractivity contribution in [3.05, 3.63) is 47.5 Å². The van der Waals surface area contributed by atoms with E-state index in [2.05, 4.69) is 24.3 Å². The average molecular weight is 409 g/mol. The third-order valence-corrected chi connectivity index (χ3v) is 6.03. The summed E-state index contributed by atoms with van der Waals surface area (Å²) in [6.45, 7) is 0. The van der Waals surface area contributed by atoms with Gasteiger partial charge in [-0.3, -0.25) is 0 Å². The minimum atomic E-state index is 0.611. The molecule has 5 heteroatoms. The summed E-state index contributed by atoms with van der Waals surface area (Å²) in [5.41, 5.74) is 2.59. The fourth-order valence-electron chi connectivity index (χ4n) is 2.55. The summed E-state index contributed by atoms with van der Waals surface area (Å²) in [5.74, 6) is 3.17. The number of benzene rings is 2. The molecule has 2 aromatic rings. The fourth-order valence-corrected chi connectivity index (χ4v) is 4.58. The predicted molar refractivity (Wildman–Crippen MR) is 102 cm³/mol. The van der Waals surface area contributed by atoms with E-state index >= 15 is 0 Å². The molecule has 0 heterocycles. The molecular formula is C20H26O4Se. The van der Waals surface area contributed by atoms with Gasteiger partial charge in [0.15, 0.2) is 0 Å². The van der Waals surface area contributed by atoms with Crippen molar-refractivity contribution in [1.82, 2.24) is 0 Å². The van der Waals surface area contributed by atoms with Crippen LogP contribution in [0.25, 0.3) is 0 Å². The van der Waals surface area contributed by atoms with Crippen molar-refractivity contribution >= 4 is 15.0 Å². The molecule has 0 aromatic heterocycles. The first-order chi connectivity index (χ1) is 12.2. The molecule has 0 fully saturated rings. The second-order valence-electron chi connectivity index (χ2n) is 5.49. The summed E-state index contributed by atoms with van der Waals surface area (Å²) < 4.78 is 21.3. The van der Waals surface area contributed by atoms with Gasteiger partial charge in [0.25, 0.3) is 0 Å². The standard InChI is InChI=1S/C20H26O4Se/c1-21-17-7-5-15(13-19(17)23-3)9-11-25-12-10-16-6-8-18(22-2)20(14-16)24-4/h5-8,13-14H,9-12H2,1-4H3. The number of hydrogen-bond acceptors (Lipinski definition) is 4. The number of rotatable bonds is 10. The van der Waals surface area contributed by atoms with E-state index in [0.717, 1.165) is 35.8 Å². The molecule has 2 aromatic carbocycles. The molecule has 0 atom stereocenters. The number of ether oxygens (including phenoxy) is 4. The van der Waals surface area contributed by atoms with E-state index in [-0.39, 0.29) is 0 Å². The van der Waals surface area contributed by atoms with Crippen molar-refractivity contribution in [2.24, 2.45) is 0 Å². The molecule has 0 saturated carbocycles. The van der Waals surface area contributed by atoms with E-state index in [9.17, 15) is 0 Å². The van der Waals surface area contributed by atoms with Crippen LogP contribution in [0.2, 0.25) is 10.6 Å². The zero-order chi connectivity index (χ0) is 18.1. The van der Waals surface area contributed by atoms with Gasteiger partial charge in [-0.25, -0.2) is 0 Å². The van der Waals surface area contributed by atoms with Gasteiger partial charge in [-0.15, -0.1) is 0 Å². The molecule has 0 N–H and O–H groups in total. The summed E-state index contributed by atoms with van der Waals surface area (Å²) in [6.07, 6.45) is 2.15. The summed E-state index contributed by atoms with van der Waals surface area (Å²) in [5, 5.41) is 2.44. The third kappa shape index (κ3) is 5.58. The van der Waals surface area contributed by atoms with Crippen LogP contribution in [0, 0.1) is 0 Å². The average Bonchev–Trinajstić information content (AvgIpc) is 2.67. The first-order valence-electron chi connectivity index (χ1n) is 8.21. The van der Waals surface area contributed by atoms with E-state index < -0.39 is 0 Å². The summed E-state index contributed by atoms with van der Waals surface area (Å²) in [7, 11) is 6.67. The molecule has 0 bridgehead atoms. The maximum absolute atomic E-state index is 5.36. The molecular weight excluding hydrogens is 383 g/mol. The second-order valence-corrected chi connectivity index (χ2v) is 8.06. The van der Waals surface area contributed by atoms with E-state index in [1.807, 2.05) is 12.1 Å². The van der Waals surface area contributed by atoms with Gasteiger partial charge in [-0.2, -0.15) is 0 Å². The van der Waals surface area contributed by atoms with E-state index in [0.29, 0.717) is 15.0 Å². The van der Waals surface area contributed by atoms with Crippen LogP contribution < -0.4 is 18.9 Å². The quantitative estimate of drug-likeness (QED) is 0.438. The molecule has 0 radical (unpaired) electrons. The van der Waals surface area contributed by atoms with Crippen molar-refractivity contribution < 1.29 is 18.9 Å². The Morgan fingerprint density at radius 3 is 1.36 bits per heavy atom. The third-order valence-electron chi connectivity index (χ3n) is 3.97. The Morgan fingerprint density at radius 1 is 0.600 bits per heavy atom. The first kappa shape index (κ1) is 19.5. The van der Waals surface area contributed by atoms with Crippen molar-refractivity contribution in [2.75, 3.05) is 28.4 Å². The maximum atomic E-state index is 5.36. The van der Waals surface area contributed by atoms with Crippen molar-refractivity contribution in [3.63, 3.8) is 0 Å². The van der Waals surface area contributed by atoms with Crippen LogP contribution in [0.4, 0.5) is 0 Å². The fraction of sp³-hybridized carbons (Fsp3) is 0.400. The Hall–Kier alpha value is -1.84. The predicted octanol–water partition coefficient (Wildman–Crippen LogP) is 4.05. The summed E-state index contributed by atoms with van der Waals surface area (Å²) >= 11 is 0.611. The van der Waals surface area contributed by atoms with Gasteiger partial charge in [0, 0.05) is 0 Å². The van der Waals surface area contributed by atoms with Crippen LogP contribution in [-0.2, 0) is 12.8 Å². The zero-order valence-corrected chi connectivity index (χ0v) is 17.0. The van der Waals surface area contributed by atoms with Crippen LogP contribution in [-0.4, -0.2) is 43.4 Å². The van der Waals surface area contributed by atoms with Gasteiger partial charge in [-0.1, -0.05) is 0 Å². The number of hydrogen-bond donors (Lipinski definition) is 0. The molecule has 0 amide bonds. The van der Waals surface area contributed by atoms with Gasteiger partial charge in [0.2, 0.25) is 0 Å². The second kappa shape index (κ2) is 10.2. The molecule has 2 rings (SSSR count). The molecule has 0 spiro atoms.